The summed E-state index contributed by atoms with van der Waals surface area (Å²) in [7, 11) is 0. The van der Waals surface area contributed by atoms with Gasteiger partial charge in [0.25, 0.3) is 0 Å². The molecule has 0 aliphatic carbocycles. The van der Waals surface area contributed by atoms with Gasteiger partial charge in [0.15, 0.2) is 0 Å². The predicted octanol–water partition coefficient (Wildman–Crippen LogP) is 2.45. The van der Waals surface area contributed by atoms with Crippen molar-refractivity contribution in [1.29, 1.82) is 0 Å². The van der Waals surface area contributed by atoms with E-state index < -0.39 is 5.97 Å². The second kappa shape index (κ2) is 8.24. The maximum absolute atomic E-state index is 12.1. The van der Waals surface area contributed by atoms with Crippen molar-refractivity contribution in [3.8, 4) is 0 Å². The molecule has 1 aromatic heterocycles. The van der Waals surface area contributed by atoms with E-state index in [4.69, 9.17) is 9.52 Å². The number of carboxylic acid groups (broad SMARTS) is 1. The zero-order valence-electron chi connectivity index (χ0n) is 12.0. The van der Waals surface area contributed by atoms with Crippen molar-refractivity contribution in [2.24, 2.45) is 0 Å². The quantitative estimate of drug-likeness (QED) is 0.767. The van der Waals surface area contributed by atoms with Gasteiger partial charge in [-0.3, -0.25) is 4.79 Å². The largest absolute Gasteiger partial charge is 0.481 e. The summed E-state index contributed by atoms with van der Waals surface area (Å²) < 4.78 is 5.22. The Labute approximate surface area is 118 Å². The number of urea groups is 1. The third kappa shape index (κ3) is 5.34. The van der Waals surface area contributed by atoms with Crippen LogP contribution in [0.2, 0.25) is 0 Å². The van der Waals surface area contributed by atoms with Gasteiger partial charge in [-0.25, -0.2) is 4.79 Å². The molecule has 0 fully saturated rings. The first-order valence-corrected chi connectivity index (χ1v) is 6.86. The summed E-state index contributed by atoms with van der Waals surface area (Å²) in [5.41, 5.74) is 0. The van der Waals surface area contributed by atoms with Gasteiger partial charge in [0.1, 0.15) is 5.76 Å². The molecule has 0 saturated carbocycles. The van der Waals surface area contributed by atoms with E-state index in [1.54, 1.807) is 23.3 Å². The number of carbonyl (C=O) groups excluding carboxylic acids is 1. The molecule has 1 aromatic rings. The number of nitrogens with zero attached hydrogens (tertiary/aromatic N) is 1. The van der Waals surface area contributed by atoms with Crippen LogP contribution in [0.25, 0.3) is 0 Å². The molecule has 0 aliphatic rings. The second-order valence-corrected chi connectivity index (χ2v) is 4.63. The lowest BCUT2D eigenvalue weighted by molar-refractivity contribution is -0.137. The number of amides is 2. The van der Waals surface area contributed by atoms with E-state index in [1.807, 2.05) is 13.8 Å². The average molecular weight is 282 g/mol. The summed E-state index contributed by atoms with van der Waals surface area (Å²) in [6, 6.07) is 2.97. The molecule has 1 rings (SSSR count). The Morgan fingerprint density at radius 2 is 2.20 bits per heavy atom. The fraction of sp³-hybridized carbons (Fsp3) is 0.571. The molecule has 0 radical (unpaired) electrons. The summed E-state index contributed by atoms with van der Waals surface area (Å²) in [5.74, 6) is -0.204. The molecule has 112 valence electrons. The van der Waals surface area contributed by atoms with Crippen LogP contribution in [0.5, 0.6) is 0 Å². The van der Waals surface area contributed by atoms with Crippen molar-refractivity contribution in [3.63, 3.8) is 0 Å². The Morgan fingerprint density at radius 1 is 1.45 bits per heavy atom. The predicted molar refractivity (Wildman–Crippen MR) is 74.3 cm³/mol. The van der Waals surface area contributed by atoms with Crippen LogP contribution in [0.15, 0.2) is 22.8 Å². The van der Waals surface area contributed by atoms with Crippen molar-refractivity contribution < 1.29 is 19.1 Å². The molecule has 1 heterocycles. The highest BCUT2D eigenvalue weighted by Crippen LogP contribution is 2.07. The lowest BCUT2D eigenvalue weighted by Gasteiger charge is -2.24. The third-order valence-corrected chi connectivity index (χ3v) is 2.98. The fourth-order valence-electron chi connectivity index (χ4n) is 1.97. The van der Waals surface area contributed by atoms with Crippen molar-refractivity contribution in [2.45, 2.75) is 45.7 Å². The van der Waals surface area contributed by atoms with E-state index in [9.17, 15) is 9.59 Å². The van der Waals surface area contributed by atoms with Crippen LogP contribution in [-0.2, 0) is 11.3 Å². The molecule has 0 aliphatic heterocycles. The molecule has 6 heteroatoms. The molecule has 2 amide bonds. The molecule has 0 saturated heterocycles. The van der Waals surface area contributed by atoms with Gasteiger partial charge in [0, 0.05) is 12.6 Å². The molecule has 0 spiro atoms. The van der Waals surface area contributed by atoms with Crippen molar-refractivity contribution in [1.82, 2.24) is 10.2 Å². The molecule has 1 unspecified atom stereocenters. The molecular weight excluding hydrogens is 260 g/mol. The lowest BCUT2D eigenvalue weighted by atomic mass is 10.1. The molecule has 0 bridgehead atoms. The number of carboxylic acids is 1. The first-order valence-electron chi connectivity index (χ1n) is 6.86. The smallest absolute Gasteiger partial charge is 0.318 e. The summed E-state index contributed by atoms with van der Waals surface area (Å²) in [4.78, 5) is 24.5. The van der Waals surface area contributed by atoms with E-state index >= 15 is 0 Å². The zero-order chi connectivity index (χ0) is 15.0. The Balaban J connectivity index is 2.57. The summed E-state index contributed by atoms with van der Waals surface area (Å²) >= 11 is 0. The van der Waals surface area contributed by atoms with Crippen molar-refractivity contribution in [3.05, 3.63) is 24.2 Å². The number of hydrogen-bond donors (Lipinski definition) is 2. The highest BCUT2D eigenvalue weighted by molar-refractivity contribution is 5.75. The van der Waals surface area contributed by atoms with Gasteiger partial charge in [0.05, 0.1) is 19.2 Å². The lowest BCUT2D eigenvalue weighted by Crippen LogP contribution is -2.45. The number of nitrogens with one attached hydrogen (secondary N) is 1. The first kappa shape index (κ1) is 16.1. The van der Waals surface area contributed by atoms with E-state index in [0.717, 1.165) is 6.42 Å². The van der Waals surface area contributed by atoms with E-state index in [0.29, 0.717) is 25.3 Å². The molecule has 6 nitrogen and oxygen atoms in total. The van der Waals surface area contributed by atoms with Gasteiger partial charge in [-0.15, -0.1) is 0 Å². The number of rotatable bonds is 8. The Kier molecular flexibility index (Phi) is 6.63. The van der Waals surface area contributed by atoms with E-state index in [1.165, 1.54) is 0 Å². The monoisotopic (exact) mass is 282 g/mol. The molecule has 20 heavy (non-hydrogen) atoms. The van der Waals surface area contributed by atoms with Gasteiger partial charge in [-0.1, -0.05) is 13.3 Å². The average Bonchev–Trinajstić information content (AvgIpc) is 2.88. The van der Waals surface area contributed by atoms with E-state index in [-0.39, 0.29) is 18.5 Å². The SMILES string of the molecule is CCCC(CC(=O)O)NC(=O)N(CC)Cc1ccco1. The molecular formula is C14H22N2O4. The van der Waals surface area contributed by atoms with Crippen molar-refractivity contribution in [2.75, 3.05) is 6.54 Å². The zero-order valence-corrected chi connectivity index (χ0v) is 12.0. The van der Waals surface area contributed by atoms with Crippen molar-refractivity contribution >= 4 is 12.0 Å². The standard InChI is InChI=1S/C14H22N2O4/c1-3-6-11(9-13(17)18)15-14(19)16(4-2)10-12-7-5-8-20-12/h5,7-8,11H,3-4,6,9-10H2,1-2H3,(H,15,19)(H,17,18). The highest BCUT2D eigenvalue weighted by Gasteiger charge is 2.19. The molecule has 1 atom stereocenters. The minimum Gasteiger partial charge on any atom is -0.481 e. The molecule has 0 aromatic carbocycles. The van der Waals surface area contributed by atoms with E-state index in [2.05, 4.69) is 5.32 Å². The summed E-state index contributed by atoms with van der Waals surface area (Å²) in [5, 5.41) is 11.6. The van der Waals surface area contributed by atoms with Gasteiger partial charge in [0.2, 0.25) is 0 Å². The van der Waals surface area contributed by atoms with Crippen LogP contribution in [0.1, 0.15) is 38.9 Å². The van der Waals surface area contributed by atoms with Crippen LogP contribution in [-0.4, -0.2) is 34.6 Å². The Hall–Kier alpha value is -1.98. The fourth-order valence-corrected chi connectivity index (χ4v) is 1.97. The number of aliphatic carboxylic acids is 1. The highest BCUT2D eigenvalue weighted by atomic mass is 16.4. The maximum atomic E-state index is 12.1. The Bertz CT molecular complexity index is 417. The minimum atomic E-state index is -0.905. The summed E-state index contributed by atoms with van der Waals surface area (Å²) in [6.45, 7) is 4.73. The third-order valence-electron chi connectivity index (χ3n) is 2.98. The normalized spacial score (nSPS) is 11.9. The maximum Gasteiger partial charge on any atom is 0.318 e. The topological polar surface area (TPSA) is 82.8 Å². The number of carbonyl (C=O) groups is 2. The van der Waals surface area contributed by atoms with Gasteiger partial charge in [-0.05, 0) is 25.5 Å². The number of furan rings is 1. The van der Waals surface area contributed by atoms with Crippen LogP contribution < -0.4 is 5.32 Å². The second-order valence-electron chi connectivity index (χ2n) is 4.63. The summed E-state index contributed by atoms with van der Waals surface area (Å²) in [6.07, 6.45) is 2.97. The van der Waals surface area contributed by atoms with Crippen LogP contribution in [0.4, 0.5) is 4.79 Å². The van der Waals surface area contributed by atoms with Crippen LogP contribution >= 0.6 is 0 Å². The first-order chi connectivity index (χ1) is 9.56. The van der Waals surface area contributed by atoms with Crippen LogP contribution in [0, 0.1) is 0 Å². The van der Waals surface area contributed by atoms with Crippen LogP contribution in [0.3, 0.4) is 0 Å². The Morgan fingerprint density at radius 3 is 2.70 bits per heavy atom. The van der Waals surface area contributed by atoms with Gasteiger partial charge >= 0.3 is 12.0 Å². The number of hydrogen-bond acceptors (Lipinski definition) is 3. The minimum absolute atomic E-state index is 0.0577. The van der Waals surface area contributed by atoms with Gasteiger partial charge in [-0.2, -0.15) is 0 Å². The molecule has 2 N–H and O–H groups in total. The van der Waals surface area contributed by atoms with Gasteiger partial charge < -0.3 is 19.7 Å².